The highest BCUT2D eigenvalue weighted by atomic mass is 16.3. The number of aliphatic hydroxyl groups is 1. The van der Waals surface area contributed by atoms with Crippen molar-refractivity contribution in [2.75, 3.05) is 0 Å². The summed E-state index contributed by atoms with van der Waals surface area (Å²) in [5, 5.41) is 10.4. The molecule has 0 radical (unpaired) electrons. The van der Waals surface area contributed by atoms with Crippen molar-refractivity contribution in [3.63, 3.8) is 0 Å². The fourth-order valence-corrected chi connectivity index (χ4v) is 1.91. The summed E-state index contributed by atoms with van der Waals surface area (Å²) < 4.78 is 0. The highest BCUT2D eigenvalue weighted by molar-refractivity contribution is 5.32. The second-order valence-corrected chi connectivity index (χ2v) is 3.75. The summed E-state index contributed by atoms with van der Waals surface area (Å²) in [5.41, 5.74) is 1.73. The molecule has 0 amide bonds. The molecule has 0 saturated heterocycles. The lowest BCUT2D eigenvalue weighted by Crippen LogP contribution is -2.25. The second-order valence-electron chi connectivity index (χ2n) is 3.75. The van der Waals surface area contributed by atoms with Crippen LogP contribution in [0.3, 0.4) is 0 Å². The van der Waals surface area contributed by atoms with Crippen molar-refractivity contribution >= 4 is 0 Å². The Balaban J connectivity index is 3.15. The maximum Gasteiger partial charge on any atom is 0.0894 e. The van der Waals surface area contributed by atoms with Gasteiger partial charge in [-0.2, -0.15) is 0 Å². The maximum absolute atomic E-state index is 10.4. The van der Waals surface area contributed by atoms with E-state index in [1.165, 1.54) is 5.56 Å². The van der Waals surface area contributed by atoms with Crippen molar-refractivity contribution in [3.05, 3.63) is 35.4 Å². The topological polar surface area (TPSA) is 20.2 Å². The number of hydrogen-bond acceptors (Lipinski definition) is 1. The molecule has 0 aliphatic heterocycles. The van der Waals surface area contributed by atoms with Crippen molar-refractivity contribution in [2.45, 2.75) is 45.6 Å². The average molecular weight is 192 g/mol. The first-order chi connectivity index (χ1) is 6.68. The minimum absolute atomic E-state index is 0.632. The SMILES string of the molecule is CCc1ccccc1C(O)(CC)CC. The predicted octanol–water partition coefficient (Wildman–Crippen LogP) is 3.26. The summed E-state index contributed by atoms with van der Waals surface area (Å²) in [6, 6.07) is 8.19. The molecule has 0 heterocycles. The van der Waals surface area contributed by atoms with Crippen LogP contribution in [0.25, 0.3) is 0 Å². The van der Waals surface area contributed by atoms with Crippen LogP contribution in [0.15, 0.2) is 24.3 Å². The van der Waals surface area contributed by atoms with E-state index in [0.717, 1.165) is 24.8 Å². The van der Waals surface area contributed by atoms with Crippen LogP contribution in [-0.2, 0) is 12.0 Å². The van der Waals surface area contributed by atoms with E-state index in [-0.39, 0.29) is 0 Å². The zero-order chi connectivity index (χ0) is 10.6. The molecular formula is C13H20O. The van der Waals surface area contributed by atoms with Gasteiger partial charge in [0.2, 0.25) is 0 Å². The Morgan fingerprint density at radius 1 is 1.07 bits per heavy atom. The van der Waals surface area contributed by atoms with Crippen LogP contribution in [-0.4, -0.2) is 5.11 Å². The Hall–Kier alpha value is -0.820. The number of rotatable bonds is 4. The van der Waals surface area contributed by atoms with Crippen LogP contribution < -0.4 is 0 Å². The average Bonchev–Trinajstić information content (AvgIpc) is 2.28. The van der Waals surface area contributed by atoms with E-state index >= 15 is 0 Å². The van der Waals surface area contributed by atoms with Gasteiger partial charge in [0.25, 0.3) is 0 Å². The highest BCUT2D eigenvalue weighted by Crippen LogP contribution is 2.31. The van der Waals surface area contributed by atoms with E-state index in [0.29, 0.717) is 0 Å². The van der Waals surface area contributed by atoms with E-state index < -0.39 is 5.60 Å². The van der Waals surface area contributed by atoms with Crippen molar-refractivity contribution in [2.24, 2.45) is 0 Å². The zero-order valence-electron chi connectivity index (χ0n) is 9.38. The summed E-state index contributed by atoms with van der Waals surface area (Å²) in [7, 11) is 0. The monoisotopic (exact) mass is 192 g/mol. The van der Waals surface area contributed by atoms with Gasteiger partial charge in [-0.25, -0.2) is 0 Å². The third-order valence-corrected chi connectivity index (χ3v) is 3.07. The van der Waals surface area contributed by atoms with Gasteiger partial charge in [-0.05, 0) is 30.4 Å². The Kier molecular flexibility index (Phi) is 3.70. The van der Waals surface area contributed by atoms with Crippen LogP contribution in [0.2, 0.25) is 0 Å². The fourth-order valence-electron chi connectivity index (χ4n) is 1.91. The third-order valence-electron chi connectivity index (χ3n) is 3.07. The quantitative estimate of drug-likeness (QED) is 0.776. The van der Waals surface area contributed by atoms with Crippen LogP contribution >= 0.6 is 0 Å². The standard InChI is InChI=1S/C13H20O/c1-4-11-9-7-8-10-12(11)13(14,5-2)6-3/h7-10,14H,4-6H2,1-3H3. The first kappa shape index (κ1) is 11.3. The van der Waals surface area contributed by atoms with Gasteiger partial charge in [0.1, 0.15) is 0 Å². The third kappa shape index (κ3) is 1.98. The number of benzene rings is 1. The van der Waals surface area contributed by atoms with Crippen LogP contribution in [0.1, 0.15) is 44.7 Å². The molecule has 78 valence electrons. The van der Waals surface area contributed by atoms with Gasteiger partial charge in [-0.15, -0.1) is 0 Å². The van der Waals surface area contributed by atoms with Gasteiger partial charge in [-0.3, -0.25) is 0 Å². The van der Waals surface area contributed by atoms with Gasteiger partial charge < -0.3 is 5.11 Å². The molecule has 0 spiro atoms. The molecule has 0 atom stereocenters. The first-order valence-electron chi connectivity index (χ1n) is 5.48. The smallest absolute Gasteiger partial charge is 0.0894 e. The molecule has 0 aliphatic rings. The lowest BCUT2D eigenvalue weighted by Gasteiger charge is -2.28. The molecule has 1 aromatic carbocycles. The molecule has 0 aliphatic carbocycles. The summed E-state index contributed by atoms with van der Waals surface area (Å²) >= 11 is 0. The van der Waals surface area contributed by atoms with Crippen molar-refractivity contribution in [1.82, 2.24) is 0 Å². The van der Waals surface area contributed by atoms with Crippen LogP contribution in [0, 0.1) is 0 Å². The van der Waals surface area contributed by atoms with E-state index in [2.05, 4.69) is 13.0 Å². The van der Waals surface area contributed by atoms with Gasteiger partial charge in [0.05, 0.1) is 5.60 Å². The molecule has 1 N–H and O–H groups in total. The maximum atomic E-state index is 10.4. The van der Waals surface area contributed by atoms with Gasteiger partial charge in [0, 0.05) is 0 Å². The van der Waals surface area contributed by atoms with Gasteiger partial charge >= 0.3 is 0 Å². The lowest BCUT2D eigenvalue weighted by atomic mass is 9.85. The Morgan fingerprint density at radius 2 is 1.64 bits per heavy atom. The molecule has 14 heavy (non-hydrogen) atoms. The van der Waals surface area contributed by atoms with E-state index in [1.807, 2.05) is 32.0 Å². The molecule has 0 aromatic heterocycles. The van der Waals surface area contributed by atoms with E-state index in [9.17, 15) is 5.11 Å². The van der Waals surface area contributed by atoms with Crippen molar-refractivity contribution in [3.8, 4) is 0 Å². The summed E-state index contributed by atoms with van der Waals surface area (Å²) in [6.45, 7) is 6.20. The number of aryl methyl sites for hydroxylation is 1. The summed E-state index contributed by atoms with van der Waals surface area (Å²) in [6.07, 6.45) is 2.54. The number of hydrogen-bond donors (Lipinski definition) is 1. The highest BCUT2D eigenvalue weighted by Gasteiger charge is 2.26. The zero-order valence-corrected chi connectivity index (χ0v) is 9.38. The molecule has 1 rings (SSSR count). The molecule has 1 aromatic rings. The molecular weight excluding hydrogens is 172 g/mol. The minimum Gasteiger partial charge on any atom is -0.385 e. The van der Waals surface area contributed by atoms with Gasteiger partial charge in [0.15, 0.2) is 0 Å². The Bertz CT molecular complexity index is 287. The molecule has 1 nitrogen and oxygen atoms in total. The van der Waals surface area contributed by atoms with Crippen molar-refractivity contribution < 1.29 is 5.11 Å². The van der Waals surface area contributed by atoms with Crippen molar-refractivity contribution in [1.29, 1.82) is 0 Å². The second kappa shape index (κ2) is 4.61. The van der Waals surface area contributed by atoms with E-state index in [4.69, 9.17) is 0 Å². The minimum atomic E-state index is -0.632. The van der Waals surface area contributed by atoms with Crippen LogP contribution in [0.5, 0.6) is 0 Å². The molecule has 0 unspecified atom stereocenters. The molecule has 1 heteroatoms. The Labute approximate surface area is 86.8 Å². The van der Waals surface area contributed by atoms with Gasteiger partial charge in [-0.1, -0.05) is 45.0 Å². The van der Waals surface area contributed by atoms with E-state index in [1.54, 1.807) is 0 Å². The largest absolute Gasteiger partial charge is 0.385 e. The molecule has 0 fully saturated rings. The molecule has 0 saturated carbocycles. The Morgan fingerprint density at radius 3 is 2.14 bits per heavy atom. The fraction of sp³-hybridized carbons (Fsp3) is 0.538. The predicted molar refractivity (Wildman–Crippen MR) is 60.3 cm³/mol. The summed E-state index contributed by atoms with van der Waals surface area (Å²) in [5.74, 6) is 0. The summed E-state index contributed by atoms with van der Waals surface area (Å²) in [4.78, 5) is 0. The lowest BCUT2D eigenvalue weighted by molar-refractivity contribution is 0.0275. The normalized spacial score (nSPS) is 11.7. The molecule has 0 bridgehead atoms. The first-order valence-corrected chi connectivity index (χ1v) is 5.48. The van der Waals surface area contributed by atoms with Crippen LogP contribution in [0.4, 0.5) is 0 Å².